The third-order valence-electron chi connectivity index (χ3n) is 3.34. The van der Waals surface area contributed by atoms with Gasteiger partial charge in [0, 0.05) is 32.6 Å². The van der Waals surface area contributed by atoms with Crippen LogP contribution in [0.2, 0.25) is 0 Å². The molecule has 0 bridgehead atoms. The molecule has 1 heterocycles. The fraction of sp³-hybridized carbons (Fsp3) is 1.00. The van der Waals surface area contributed by atoms with Crippen LogP contribution in [0.5, 0.6) is 0 Å². The fourth-order valence-corrected chi connectivity index (χ4v) is 2.21. The Morgan fingerprint density at radius 3 is 2.44 bits per heavy atom. The van der Waals surface area contributed by atoms with Gasteiger partial charge in [-0.3, -0.25) is 9.80 Å². The molecule has 0 N–H and O–H groups in total. The first kappa shape index (κ1) is 13.8. The zero-order chi connectivity index (χ0) is 12.2. The van der Waals surface area contributed by atoms with Gasteiger partial charge in [0.1, 0.15) is 6.67 Å². The zero-order valence-corrected chi connectivity index (χ0v) is 10.1. The second kappa shape index (κ2) is 5.87. The molecule has 16 heavy (non-hydrogen) atoms. The van der Waals surface area contributed by atoms with Crippen molar-refractivity contribution in [1.29, 1.82) is 0 Å². The Morgan fingerprint density at radius 1 is 1.25 bits per heavy atom. The van der Waals surface area contributed by atoms with Gasteiger partial charge < -0.3 is 0 Å². The van der Waals surface area contributed by atoms with Crippen LogP contribution in [0.1, 0.15) is 20.3 Å². The molecule has 1 aliphatic heterocycles. The molecule has 1 aliphatic rings. The summed E-state index contributed by atoms with van der Waals surface area (Å²) in [5.41, 5.74) is 0. The first-order chi connectivity index (χ1) is 7.55. The van der Waals surface area contributed by atoms with Crippen LogP contribution in [-0.2, 0) is 0 Å². The first-order valence-corrected chi connectivity index (χ1v) is 5.95. The topological polar surface area (TPSA) is 6.48 Å². The van der Waals surface area contributed by atoms with Crippen molar-refractivity contribution in [2.24, 2.45) is 0 Å². The first-order valence-electron chi connectivity index (χ1n) is 5.95. The smallest absolute Gasteiger partial charge is 0.264 e. The number of likely N-dealkylation sites (N-methyl/N-ethyl adjacent to an activating group) is 1. The molecule has 0 aromatic rings. The molecule has 1 fully saturated rings. The zero-order valence-electron chi connectivity index (χ0n) is 10.1. The fourth-order valence-electron chi connectivity index (χ4n) is 2.21. The molecule has 0 amide bonds. The molecule has 1 saturated heterocycles. The van der Waals surface area contributed by atoms with Crippen LogP contribution in [-0.4, -0.2) is 61.2 Å². The van der Waals surface area contributed by atoms with Gasteiger partial charge in [0.05, 0.1) is 6.04 Å². The number of halogens is 3. The molecule has 2 nitrogen and oxygen atoms in total. The third-order valence-corrected chi connectivity index (χ3v) is 3.34. The van der Waals surface area contributed by atoms with Gasteiger partial charge in [0.25, 0.3) is 5.92 Å². The Morgan fingerprint density at radius 2 is 1.94 bits per heavy atom. The van der Waals surface area contributed by atoms with E-state index in [2.05, 4.69) is 0 Å². The largest absolute Gasteiger partial charge is 0.298 e. The van der Waals surface area contributed by atoms with Gasteiger partial charge in [-0.05, 0) is 6.54 Å². The summed E-state index contributed by atoms with van der Waals surface area (Å²) in [6, 6.07) is -0.761. The minimum Gasteiger partial charge on any atom is -0.298 e. The van der Waals surface area contributed by atoms with Crippen LogP contribution in [0.25, 0.3) is 0 Å². The molecule has 5 heteroatoms. The van der Waals surface area contributed by atoms with Crippen molar-refractivity contribution in [2.75, 3.05) is 39.4 Å². The van der Waals surface area contributed by atoms with Crippen LogP contribution in [0.15, 0.2) is 0 Å². The monoisotopic (exact) mass is 238 g/mol. The van der Waals surface area contributed by atoms with Crippen LogP contribution in [0.4, 0.5) is 13.2 Å². The highest BCUT2D eigenvalue weighted by Gasteiger charge is 2.43. The maximum atomic E-state index is 13.7. The third kappa shape index (κ3) is 3.10. The van der Waals surface area contributed by atoms with E-state index in [0.29, 0.717) is 19.6 Å². The number of rotatable bonds is 5. The Balaban J connectivity index is 2.67. The van der Waals surface area contributed by atoms with Crippen LogP contribution in [0, 0.1) is 0 Å². The van der Waals surface area contributed by atoms with Gasteiger partial charge in [-0.2, -0.15) is 0 Å². The van der Waals surface area contributed by atoms with Crippen molar-refractivity contribution in [3.63, 3.8) is 0 Å². The van der Waals surface area contributed by atoms with E-state index in [1.807, 2.05) is 6.92 Å². The number of hydrogen-bond donors (Lipinski definition) is 0. The summed E-state index contributed by atoms with van der Waals surface area (Å²) in [4.78, 5) is 3.60. The maximum absolute atomic E-state index is 13.7. The highest BCUT2D eigenvalue weighted by molar-refractivity contribution is 4.90. The van der Waals surface area contributed by atoms with E-state index >= 15 is 0 Å². The molecular weight excluding hydrogens is 217 g/mol. The molecule has 96 valence electrons. The Kier molecular flexibility index (Phi) is 5.05. The van der Waals surface area contributed by atoms with E-state index in [4.69, 9.17) is 0 Å². The Hall–Kier alpha value is -0.290. The predicted molar refractivity (Wildman–Crippen MR) is 58.7 cm³/mol. The van der Waals surface area contributed by atoms with Crippen LogP contribution in [0.3, 0.4) is 0 Å². The molecule has 0 aromatic carbocycles. The minimum absolute atomic E-state index is 0.155. The average molecular weight is 238 g/mol. The summed E-state index contributed by atoms with van der Waals surface area (Å²) in [6.07, 6.45) is -0.155. The highest BCUT2D eigenvalue weighted by Crippen LogP contribution is 2.29. The molecule has 1 rings (SSSR count). The van der Waals surface area contributed by atoms with Gasteiger partial charge >= 0.3 is 0 Å². The summed E-state index contributed by atoms with van der Waals surface area (Å²) in [6.45, 7) is 5.41. The predicted octanol–water partition coefficient (Wildman–Crippen LogP) is 2.01. The Labute approximate surface area is 95.4 Å². The van der Waals surface area contributed by atoms with Crippen molar-refractivity contribution >= 4 is 0 Å². The van der Waals surface area contributed by atoms with E-state index in [1.54, 1.807) is 9.80 Å². The standard InChI is InChI=1S/C11H21F3N2/c1-3-11(13,14)10-9-15(6-5-12)7-8-16(10)4-2/h10H,3-9H2,1-2H3. The van der Waals surface area contributed by atoms with Crippen molar-refractivity contribution in [3.8, 4) is 0 Å². The summed E-state index contributed by atoms with van der Waals surface area (Å²) in [5, 5.41) is 0. The lowest BCUT2D eigenvalue weighted by Crippen LogP contribution is -2.60. The summed E-state index contributed by atoms with van der Waals surface area (Å²) in [7, 11) is 0. The molecule has 1 unspecified atom stereocenters. The van der Waals surface area contributed by atoms with Gasteiger partial charge in [-0.15, -0.1) is 0 Å². The van der Waals surface area contributed by atoms with Crippen LogP contribution < -0.4 is 0 Å². The van der Waals surface area contributed by atoms with E-state index in [-0.39, 0.29) is 19.5 Å². The SMILES string of the molecule is CCN1CCN(CCF)CC1C(F)(F)CC. The van der Waals surface area contributed by atoms with E-state index in [9.17, 15) is 13.2 Å². The number of nitrogens with zero attached hydrogens (tertiary/aromatic N) is 2. The van der Waals surface area contributed by atoms with Gasteiger partial charge in [0.2, 0.25) is 0 Å². The molecular formula is C11H21F3N2. The van der Waals surface area contributed by atoms with E-state index < -0.39 is 18.6 Å². The van der Waals surface area contributed by atoms with Gasteiger partial charge in [-0.1, -0.05) is 13.8 Å². The lowest BCUT2D eigenvalue weighted by molar-refractivity contribution is -0.109. The Bertz CT molecular complexity index is 211. The molecule has 0 saturated carbocycles. The lowest BCUT2D eigenvalue weighted by Gasteiger charge is -2.43. The van der Waals surface area contributed by atoms with E-state index in [0.717, 1.165) is 0 Å². The molecule has 0 aromatic heterocycles. The average Bonchev–Trinajstić information content (AvgIpc) is 2.29. The molecule has 1 atom stereocenters. The molecule has 0 aliphatic carbocycles. The van der Waals surface area contributed by atoms with Crippen molar-refractivity contribution in [1.82, 2.24) is 9.80 Å². The number of alkyl halides is 3. The molecule has 0 spiro atoms. The second-order valence-electron chi connectivity index (χ2n) is 4.25. The highest BCUT2D eigenvalue weighted by atomic mass is 19.3. The summed E-state index contributed by atoms with van der Waals surface area (Å²) in [5.74, 6) is -2.68. The maximum Gasteiger partial charge on any atom is 0.264 e. The quantitative estimate of drug-likeness (QED) is 0.723. The molecule has 0 radical (unpaired) electrons. The number of hydrogen-bond acceptors (Lipinski definition) is 2. The van der Waals surface area contributed by atoms with Crippen molar-refractivity contribution in [2.45, 2.75) is 32.2 Å². The summed E-state index contributed by atoms with van der Waals surface area (Å²) < 4.78 is 39.7. The number of piperazine rings is 1. The lowest BCUT2D eigenvalue weighted by atomic mass is 10.0. The van der Waals surface area contributed by atoms with Gasteiger partial charge in [-0.25, -0.2) is 13.2 Å². The minimum atomic E-state index is -2.68. The second-order valence-corrected chi connectivity index (χ2v) is 4.25. The van der Waals surface area contributed by atoms with E-state index in [1.165, 1.54) is 6.92 Å². The van der Waals surface area contributed by atoms with Crippen LogP contribution >= 0.6 is 0 Å². The van der Waals surface area contributed by atoms with Crippen molar-refractivity contribution < 1.29 is 13.2 Å². The van der Waals surface area contributed by atoms with Gasteiger partial charge in [0.15, 0.2) is 0 Å². The normalized spacial score (nSPS) is 24.9. The van der Waals surface area contributed by atoms with Crippen molar-refractivity contribution in [3.05, 3.63) is 0 Å². The summed E-state index contributed by atoms with van der Waals surface area (Å²) >= 11 is 0.